The lowest BCUT2D eigenvalue weighted by Crippen LogP contribution is -2.18. The van der Waals surface area contributed by atoms with Crippen LogP contribution in [-0.4, -0.2) is 26.2 Å². The molecule has 1 N–H and O–H groups in total. The van der Waals surface area contributed by atoms with E-state index in [1.54, 1.807) is 24.3 Å². The number of carbonyl (C=O) groups excluding carboxylic acids is 1. The lowest BCUT2D eigenvalue weighted by Gasteiger charge is -2.12. The van der Waals surface area contributed by atoms with E-state index < -0.39 is 9.84 Å². The Morgan fingerprint density at radius 3 is 2.26 bits per heavy atom. The van der Waals surface area contributed by atoms with Crippen LogP contribution >= 0.6 is 0 Å². The highest BCUT2D eigenvalue weighted by molar-refractivity contribution is 7.92. The highest BCUT2D eigenvalue weighted by atomic mass is 32.2. The van der Waals surface area contributed by atoms with Gasteiger partial charge in [-0.05, 0) is 61.7 Å². The number of nitrogens with one attached hydrogen (secondary N) is 1. The third kappa shape index (κ3) is 4.89. The van der Waals surface area contributed by atoms with Gasteiger partial charge in [-0.2, -0.15) is 0 Å². The zero-order valence-electron chi connectivity index (χ0n) is 15.5. The number of amides is 1. The van der Waals surface area contributed by atoms with Crippen molar-refractivity contribution in [3.05, 3.63) is 54.1 Å². The van der Waals surface area contributed by atoms with Crippen molar-refractivity contribution in [3.8, 4) is 5.75 Å². The highest BCUT2D eigenvalue weighted by Crippen LogP contribution is 2.30. The summed E-state index contributed by atoms with van der Waals surface area (Å²) in [6, 6.07) is 13.9. The van der Waals surface area contributed by atoms with E-state index in [0.29, 0.717) is 17.2 Å². The summed E-state index contributed by atoms with van der Waals surface area (Å²) in [5.41, 5.74) is 1.48. The van der Waals surface area contributed by atoms with Gasteiger partial charge in [0, 0.05) is 5.69 Å². The molecule has 0 aliphatic heterocycles. The molecule has 1 aliphatic rings. The lowest BCUT2D eigenvalue weighted by molar-refractivity contribution is -0.115. The van der Waals surface area contributed by atoms with Gasteiger partial charge < -0.3 is 10.1 Å². The summed E-state index contributed by atoms with van der Waals surface area (Å²) in [5.74, 6) is 0.631. The predicted octanol–water partition coefficient (Wildman–Crippen LogP) is 3.98. The molecular weight excluding hydrogens is 362 g/mol. The van der Waals surface area contributed by atoms with E-state index in [1.165, 1.54) is 0 Å². The molecule has 27 heavy (non-hydrogen) atoms. The number of benzene rings is 2. The molecule has 1 saturated carbocycles. The van der Waals surface area contributed by atoms with E-state index in [4.69, 9.17) is 4.74 Å². The molecule has 1 fully saturated rings. The Morgan fingerprint density at radius 1 is 1.04 bits per heavy atom. The number of hydrogen-bond donors (Lipinski definition) is 1. The quantitative estimate of drug-likeness (QED) is 0.780. The minimum absolute atomic E-state index is 0.148. The van der Waals surface area contributed by atoms with Crippen molar-refractivity contribution in [2.45, 2.75) is 49.2 Å². The van der Waals surface area contributed by atoms with Crippen molar-refractivity contribution in [2.24, 2.45) is 0 Å². The smallest absolute Gasteiger partial charge is 0.228 e. The second-order valence-electron chi connectivity index (χ2n) is 6.78. The number of sulfone groups is 1. The third-order valence-electron chi connectivity index (χ3n) is 4.81. The molecule has 0 saturated heterocycles. The van der Waals surface area contributed by atoms with E-state index >= 15 is 0 Å². The largest absolute Gasteiger partial charge is 0.494 e. The van der Waals surface area contributed by atoms with Crippen LogP contribution in [-0.2, 0) is 21.1 Å². The summed E-state index contributed by atoms with van der Waals surface area (Å²) in [4.78, 5) is 12.6. The van der Waals surface area contributed by atoms with Crippen molar-refractivity contribution in [2.75, 3.05) is 11.9 Å². The van der Waals surface area contributed by atoms with Gasteiger partial charge in [-0.1, -0.05) is 25.0 Å². The molecule has 0 bridgehead atoms. The Morgan fingerprint density at radius 2 is 1.67 bits per heavy atom. The fraction of sp³-hybridized carbons (Fsp3) is 0.381. The average molecular weight is 388 g/mol. The maximum absolute atomic E-state index is 12.6. The maximum Gasteiger partial charge on any atom is 0.228 e. The summed E-state index contributed by atoms with van der Waals surface area (Å²) >= 11 is 0. The number of carbonyl (C=O) groups is 1. The molecule has 2 aromatic rings. The molecule has 1 aliphatic carbocycles. The van der Waals surface area contributed by atoms with Crippen molar-refractivity contribution >= 4 is 21.4 Å². The van der Waals surface area contributed by atoms with Gasteiger partial charge in [-0.3, -0.25) is 4.79 Å². The Bertz CT molecular complexity index is 867. The zero-order chi connectivity index (χ0) is 19.3. The monoisotopic (exact) mass is 387 g/mol. The number of ether oxygens (including phenoxy) is 1. The van der Waals surface area contributed by atoms with Crippen LogP contribution in [0, 0.1) is 0 Å². The fourth-order valence-electron chi connectivity index (χ4n) is 3.38. The first-order chi connectivity index (χ1) is 13.0. The van der Waals surface area contributed by atoms with Gasteiger partial charge in [-0.25, -0.2) is 8.42 Å². The van der Waals surface area contributed by atoms with Gasteiger partial charge in [0.15, 0.2) is 9.84 Å². The van der Waals surface area contributed by atoms with E-state index in [1.807, 2.05) is 31.2 Å². The van der Waals surface area contributed by atoms with E-state index in [-0.39, 0.29) is 17.6 Å². The topological polar surface area (TPSA) is 72.5 Å². The molecule has 5 nitrogen and oxygen atoms in total. The van der Waals surface area contributed by atoms with E-state index in [2.05, 4.69) is 5.32 Å². The predicted molar refractivity (Wildman–Crippen MR) is 106 cm³/mol. The summed E-state index contributed by atoms with van der Waals surface area (Å²) < 4.78 is 30.6. The Balaban J connectivity index is 1.59. The normalized spacial score (nSPS) is 14.9. The molecule has 0 unspecified atom stereocenters. The molecular formula is C21H25NO4S. The summed E-state index contributed by atoms with van der Waals surface area (Å²) in [5, 5.41) is 2.55. The van der Waals surface area contributed by atoms with Crippen LogP contribution < -0.4 is 10.1 Å². The number of rotatable bonds is 7. The van der Waals surface area contributed by atoms with Gasteiger partial charge in [-0.15, -0.1) is 0 Å². The summed E-state index contributed by atoms with van der Waals surface area (Å²) in [7, 11) is -3.27. The molecule has 144 valence electrons. The minimum atomic E-state index is -3.27. The van der Waals surface area contributed by atoms with Crippen LogP contribution in [0.5, 0.6) is 5.75 Å². The van der Waals surface area contributed by atoms with Gasteiger partial charge in [0.25, 0.3) is 0 Å². The SMILES string of the molecule is CCOc1ccc(CC(=O)Nc2ccc(S(=O)(=O)C3CCCC3)cc2)cc1. The third-order valence-corrected chi connectivity index (χ3v) is 7.08. The molecule has 0 atom stereocenters. The average Bonchev–Trinajstić information content (AvgIpc) is 3.20. The molecule has 3 rings (SSSR count). The minimum Gasteiger partial charge on any atom is -0.494 e. The highest BCUT2D eigenvalue weighted by Gasteiger charge is 2.30. The van der Waals surface area contributed by atoms with Crippen LogP contribution in [0.3, 0.4) is 0 Å². The van der Waals surface area contributed by atoms with Gasteiger partial charge >= 0.3 is 0 Å². The molecule has 0 heterocycles. The molecule has 0 aromatic heterocycles. The van der Waals surface area contributed by atoms with Gasteiger partial charge in [0.1, 0.15) is 5.75 Å². The molecule has 6 heteroatoms. The van der Waals surface area contributed by atoms with Gasteiger partial charge in [0.2, 0.25) is 5.91 Å². The fourth-order valence-corrected chi connectivity index (χ4v) is 5.23. The van der Waals surface area contributed by atoms with E-state index in [0.717, 1.165) is 37.0 Å². The van der Waals surface area contributed by atoms with Crippen LogP contribution in [0.4, 0.5) is 5.69 Å². The molecule has 0 spiro atoms. The van der Waals surface area contributed by atoms with Crippen molar-refractivity contribution in [3.63, 3.8) is 0 Å². The summed E-state index contributed by atoms with van der Waals surface area (Å²) in [6.45, 7) is 2.53. The van der Waals surface area contributed by atoms with Crippen molar-refractivity contribution < 1.29 is 17.9 Å². The van der Waals surface area contributed by atoms with Crippen LogP contribution in [0.25, 0.3) is 0 Å². The Kier molecular flexibility index (Phi) is 6.16. The second-order valence-corrected chi connectivity index (χ2v) is 9.01. The number of hydrogen-bond acceptors (Lipinski definition) is 4. The molecule has 2 aromatic carbocycles. The first-order valence-electron chi connectivity index (χ1n) is 9.34. The van der Waals surface area contributed by atoms with Crippen molar-refractivity contribution in [1.29, 1.82) is 0 Å². The summed E-state index contributed by atoms with van der Waals surface area (Å²) in [6.07, 6.45) is 3.67. The Labute approximate surface area is 160 Å². The zero-order valence-corrected chi connectivity index (χ0v) is 16.3. The standard InChI is InChI=1S/C21H25NO4S/c1-2-26-18-11-7-16(8-12-18)15-21(23)22-17-9-13-20(14-10-17)27(24,25)19-5-3-4-6-19/h7-14,19H,2-6,15H2,1H3,(H,22,23). The first-order valence-corrected chi connectivity index (χ1v) is 10.9. The number of anilines is 1. The van der Waals surface area contributed by atoms with Crippen LogP contribution in [0.2, 0.25) is 0 Å². The van der Waals surface area contributed by atoms with Crippen LogP contribution in [0.1, 0.15) is 38.2 Å². The molecule has 0 radical (unpaired) electrons. The lowest BCUT2D eigenvalue weighted by atomic mass is 10.1. The Hall–Kier alpha value is -2.34. The van der Waals surface area contributed by atoms with E-state index in [9.17, 15) is 13.2 Å². The second kappa shape index (κ2) is 8.57. The maximum atomic E-state index is 12.6. The van der Waals surface area contributed by atoms with Gasteiger partial charge in [0.05, 0.1) is 23.2 Å². The van der Waals surface area contributed by atoms with Crippen LogP contribution in [0.15, 0.2) is 53.4 Å². The van der Waals surface area contributed by atoms with Crippen molar-refractivity contribution in [1.82, 2.24) is 0 Å². The molecule has 1 amide bonds. The first kappa shape index (κ1) is 19.4.